The number of ether oxygens (including phenoxy) is 2. The minimum Gasteiger partial charge on any atom is -0.496 e. The summed E-state index contributed by atoms with van der Waals surface area (Å²) in [5.74, 6) is 1.49. The molecule has 0 unspecified atom stereocenters. The summed E-state index contributed by atoms with van der Waals surface area (Å²) < 4.78 is 19.5. The van der Waals surface area contributed by atoms with Gasteiger partial charge in [0.25, 0.3) is 5.56 Å². The summed E-state index contributed by atoms with van der Waals surface area (Å²) in [5.41, 5.74) is 1.29. The molecule has 2 aliphatic rings. The van der Waals surface area contributed by atoms with E-state index in [1.807, 2.05) is 48.5 Å². The number of methoxy groups -OCH3 is 1. The fraction of sp³-hybridized carbons (Fsp3) is 0.323. The van der Waals surface area contributed by atoms with Gasteiger partial charge in [-0.15, -0.1) is 0 Å². The highest BCUT2D eigenvalue weighted by Crippen LogP contribution is 2.40. The number of piperidine rings is 1. The van der Waals surface area contributed by atoms with Crippen LogP contribution in [0.25, 0.3) is 16.8 Å². The molecule has 40 heavy (non-hydrogen) atoms. The van der Waals surface area contributed by atoms with E-state index in [4.69, 9.17) is 18.9 Å². The van der Waals surface area contributed by atoms with E-state index in [0.29, 0.717) is 32.1 Å². The van der Waals surface area contributed by atoms with Gasteiger partial charge in [-0.1, -0.05) is 41.7 Å². The number of allylic oxidation sites excluding steroid dienone is 1. The molecule has 2 aromatic carbocycles. The van der Waals surface area contributed by atoms with Crippen molar-refractivity contribution >= 4 is 40.0 Å². The zero-order valence-corrected chi connectivity index (χ0v) is 23.6. The van der Waals surface area contributed by atoms with Crippen molar-refractivity contribution in [1.29, 1.82) is 0 Å². The number of carbonyl (C=O) groups excluding carboxylic acids is 1. The Bertz CT molecular complexity index is 1810. The molecule has 0 spiro atoms. The third-order valence-electron chi connectivity index (χ3n) is 7.49. The van der Waals surface area contributed by atoms with E-state index in [2.05, 4.69) is 4.90 Å². The van der Waals surface area contributed by atoms with Gasteiger partial charge in [-0.05, 0) is 56.0 Å². The van der Waals surface area contributed by atoms with Crippen LogP contribution in [-0.4, -0.2) is 37.3 Å². The van der Waals surface area contributed by atoms with Gasteiger partial charge in [-0.3, -0.25) is 9.36 Å². The lowest BCUT2D eigenvalue weighted by Crippen LogP contribution is -2.40. The smallest absolute Gasteiger partial charge is 0.338 e. The molecule has 2 aromatic heterocycles. The molecule has 6 rings (SSSR count). The van der Waals surface area contributed by atoms with Crippen LogP contribution in [-0.2, 0) is 9.53 Å². The Morgan fingerprint density at radius 1 is 1.12 bits per heavy atom. The maximum Gasteiger partial charge on any atom is 0.338 e. The second-order valence-electron chi connectivity index (χ2n) is 9.93. The number of benzene rings is 2. The summed E-state index contributed by atoms with van der Waals surface area (Å²) in [5, 5.41) is 1.86. The topological polar surface area (TPSA) is 86.3 Å². The number of nitrogens with zero attached hydrogens (tertiary/aromatic N) is 3. The first kappa shape index (κ1) is 26.1. The minimum atomic E-state index is -0.779. The molecule has 0 amide bonds. The summed E-state index contributed by atoms with van der Waals surface area (Å²) in [6.07, 6.45) is 5.29. The first-order chi connectivity index (χ1) is 19.5. The van der Waals surface area contributed by atoms with E-state index >= 15 is 0 Å². The Morgan fingerprint density at radius 3 is 2.70 bits per heavy atom. The lowest BCUT2D eigenvalue weighted by atomic mass is 9.90. The fourth-order valence-electron chi connectivity index (χ4n) is 5.63. The molecular weight excluding hydrogens is 526 g/mol. The standard InChI is InChI=1S/C31H31N3O5S/c1-4-38-30(36)26-19(2)32-31-34(28(26)27-22-11-7-6-10-20(22)12-14-23(27)37-3)29(35)24(40-31)18-21-13-15-25(39-21)33-16-8-5-9-17-33/h6-7,10-15,18,28H,4-5,8-9,16-17H2,1-3H3/t28-/m0/s1. The van der Waals surface area contributed by atoms with Gasteiger partial charge < -0.3 is 18.8 Å². The molecule has 1 atom stereocenters. The van der Waals surface area contributed by atoms with Crippen LogP contribution in [0.5, 0.6) is 5.75 Å². The van der Waals surface area contributed by atoms with Crippen molar-refractivity contribution in [2.24, 2.45) is 4.99 Å². The zero-order valence-electron chi connectivity index (χ0n) is 22.8. The van der Waals surface area contributed by atoms with Crippen LogP contribution in [0, 0.1) is 0 Å². The highest BCUT2D eigenvalue weighted by atomic mass is 32.1. The van der Waals surface area contributed by atoms with E-state index < -0.39 is 12.0 Å². The van der Waals surface area contributed by atoms with Crippen molar-refractivity contribution in [2.75, 3.05) is 31.7 Å². The highest BCUT2D eigenvalue weighted by molar-refractivity contribution is 7.07. The Labute approximate surface area is 235 Å². The zero-order chi connectivity index (χ0) is 27.8. The largest absolute Gasteiger partial charge is 0.496 e. The van der Waals surface area contributed by atoms with Gasteiger partial charge in [0, 0.05) is 30.8 Å². The molecule has 8 nitrogen and oxygen atoms in total. The number of furan rings is 1. The number of rotatable bonds is 6. The number of thiazole rings is 1. The first-order valence-corrected chi connectivity index (χ1v) is 14.4. The van der Waals surface area contributed by atoms with Gasteiger partial charge in [0.15, 0.2) is 10.7 Å². The Balaban J connectivity index is 1.55. The molecule has 206 valence electrons. The lowest BCUT2D eigenvalue weighted by molar-refractivity contribution is -0.139. The van der Waals surface area contributed by atoms with Gasteiger partial charge in [-0.25, -0.2) is 9.79 Å². The Kier molecular flexibility index (Phi) is 7.06. The van der Waals surface area contributed by atoms with Gasteiger partial charge >= 0.3 is 5.97 Å². The van der Waals surface area contributed by atoms with E-state index in [0.717, 1.165) is 48.2 Å². The average molecular weight is 558 g/mol. The van der Waals surface area contributed by atoms with Crippen molar-refractivity contribution < 1.29 is 18.7 Å². The molecule has 1 fully saturated rings. The van der Waals surface area contributed by atoms with Crippen LogP contribution in [0.3, 0.4) is 0 Å². The molecule has 0 radical (unpaired) electrons. The summed E-state index contributed by atoms with van der Waals surface area (Å²) in [4.78, 5) is 34.9. The van der Waals surface area contributed by atoms with Crippen molar-refractivity contribution in [3.05, 3.63) is 90.8 Å². The van der Waals surface area contributed by atoms with Crippen LogP contribution >= 0.6 is 11.3 Å². The number of hydrogen-bond donors (Lipinski definition) is 0. The SMILES string of the molecule is CCOC(=O)C1=C(C)N=c2sc(=Cc3ccc(N4CCCCC4)o3)c(=O)n2[C@@H]1c1c(OC)ccc2ccccc12. The molecule has 1 saturated heterocycles. The third kappa shape index (κ3) is 4.54. The quantitative estimate of drug-likeness (QED) is 0.324. The molecular formula is C31H31N3O5S. The maximum absolute atomic E-state index is 14.1. The van der Waals surface area contributed by atoms with Crippen LogP contribution in [0.15, 0.2) is 74.0 Å². The molecule has 4 heterocycles. The molecule has 9 heteroatoms. The predicted octanol–water partition coefficient (Wildman–Crippen LogP) is 4.54. The summed E-state index contributed by atoms with van der Waals surface area (Å²) >= 11 is 1.28. The van der Waals surface area contributed by atoms with Crippen LogP contribution in [0.4, 0.5) is 5.88 Å². The molecule has 0 aliphatic carbocycles. The molecule has 0 bridgehead atoms. The number of fused-ring (bicyclic) bond motifs is 2. The maximum atomic E-state index is 14.1. The van der Waals surface area contributed by atoms with Crippen molar-refractivity contribution in [3.8, 4) is 5.75 Å². The normalized spacial score (nSPS) is 17.6. The second kappa shape index (κ2) is 10.8. The number of carbonyl (C=O) groups is 1. The van der Waals surface area contributed by atoms with Crippen molar-refractivity contribution in [2.45, 2.75) is 39.2 Å². The van der Waals surface area contributed by atoms with Crippen LogP contribution < -0.4 is 24.5 Å². The second-order valence-corrected chi connectivity index (χ2v) is 10.9. The average Bonchev–Trinajstić information content (AvgIpc) is 3.56. The molecule has 0 saturated carbocycles. The van der Waals surface area contributed by atoms with Gasteiger partial charge in [0.1, 0.15) is 17.6 Å². The molecule has 4 aromatic rings. The number of esters is 1. The molecule has 0 N–H and O–H groups in total. The van der Waals surface area contributed by atoms with Crippen molar-refractivity contribution in [3.63, 3.8) is 0 Å². The van der Waals surface area contributed by atoms with Gasteiger partial charge in [0.2, 0.25) is 0 Å². The third-order valence-corrected chi connectivity index (χ3v) is 8.48. The van der Waals surface area contributed by atoms with E-state index in [9.17, 15) is 9.59 Å². The van der Waals surface area contributed by atoms with E-state index in [-0.39, 0.29) is 12.2 Å². The highest BCUT2D eigenvalue weighted by Gasteiger charge is 2.36. The van der Waals surface area contributed by atoms with Crippen molar-refractivity contribution in [1.82, 2.24) is 4.57 Å². The van der Waals surface area contributed by atoms with Gasteiger partial charge in [0.05, 0.1) is 29.5 Å². The number of anilines is 1. The first-order valence-electron chi connectivity index (χ1n) is 13.6. The summed E-state index contributed by atoms with van der Waals surface area (Å²) in [6, 6.07) is 14.8. The predicted molar refractivity (Wildman–Crippen MR) is 156 cm³/mol. The van der Waals surface area contributed by atoms with Crippen LogP contribution in [0.2, 0.25) is 0 Å². The van der Waals surface area contributed by atoms with Gasteiger partial charge in [-0.2, -0.15) is 0 Å². The van der Waals surface area contributed by atoms with Crippen LogP contribution in [0.1, 0.15) is 50.5 Å². The number of hydrogen-bond acceptors (Lipinski definition) is 8. The fourth-order valence-corrected chi connectivity index (χ4v) is 6.66. The Morgan fingerprint density at radius 2 is 1.93 bits per heavy atom. The minimum absolute atomic E-state index is 0.206. The number of aromatic nitrogens is 1. The lowest BCUT2D eigenvalue weighted by Gasteiger charge is -2.27. The monoisotopic (exact) mass is 557 g/mol. The summed E-state index contributed by atoms with van der Waals surface area (Å²) in [6.45, 7) is 5.69. The summed E-state index contributed by atoms with van der Waals surface area (Å²) in [7, 11) is 1.59. The Hall–Kier alpha value is -4.11. The molecule has 2 aliphatic heterocycles. The van der Waals surface area contributed by atoms with E-state index in [1.54, 1.807) is 31.6 Å². The van der Waals surface area contributed by atoms with E-state index in [1.165, 1.54) is 17.8 Å².